The number of hydrogen-bond donors (Lipinski definition) is 2. The van der Waals surface area contributed by atoms with Crippen molar-refractivity contribution in [1.82, 2.24) is 0 Å². The lowest BCUT2D eigenvalue weighted by molar-refractivity contribution is 0.0697. The van der Waals surface area contributed by atoms with E-state index < -0.39 is 5.97 Å². The van der Waals surface area contributed by atoms with Gasteiger partial charge in [-0.05, 0) is 18.2 Å². The summed E-state index contributed by atoms with van der Waals surface area (Å²) in [4.78, 5) is 10.6. The summed E-state index contributed by atoms with van der Waals surface area (Å²) in [5, 5.41) is 12.1. The van der Waals surface area contributed by atoms with Gasteiger partial charge in [-0.2, -0.15) is 0 Å². The maximum absolute atomic E-state index is 10.6. The first-order chi connectivity index (χ1) is 7.00. The summed E-state index contributed by atoms with van der Waals surface area (Å²) < 4.78 is 0.792. The van der Waals surface area contributed by atoms with E-state index in [1.807, 2.05) is 0 Å². The third-order valence-corrected chi connectivity index (χ3v) is 2.28. The second-order valence-electron chi connectivity index (χ2n) is 2.87. The van der Waals surface area contributed by atoms with Crippen molar-refractivity contribution >= 4 is 39.2 Å². The van der Waals surface area contributed by atoms with Crippen molar-refractivity contribution in [2.45, 2.75) is 0 Å². The molecule has 15 heavy (non-hydrogen) atoms. The van der Waals surface area contributed by atoms with E-state index in [-0.39, 0.29) is 5.56 Å². The summed E-state index contributed by atoms with van der Waals surface area (Å²) in [6, 6.07) is 4.53. The lowest BCUT2D eigenvalue weighted by Gasteiger charge is -2.07. The second-order valence-corrected chi connectivity index (χ2v) is 4.40. The van der Waals surface area contributed by atoms with Crippen molar-refractivity contribution in [3.05, 3.63) is 39.8 Å². The summed E-state index contributed by atoms with van der Waals surface area (Å²) >= 11 is 9.09. The van der Waals surface area contributed by atoms with Crippen molar-refractivity contribution in [1.29, 1.82) is 0 Å². The quantitative estimate of drug-likeness (QED) is 0.894. The van der Waals surface area contributed by atoms with Crippen LogP contribution in [0.1, 0.15) is 10.4 Å². The van der Waals surface area contributed by atoms with E-state index in [1.165, 1.54) is 12.1 Å². The van der Waals surface area contributed by atoms with Crippen molar-refractivity contribution in [2.24, 2.45) is 0 Å². The van der Waals surface area contributed by atoms with Gasteiger partial charge in [0.1, 0.15) is 0 Å². The summed E-state index contributed by atoms with van der Waals surface area (Å²) in [7, 11) is 0. The molecule has 0 saturated carbocycles. The highest BCUT2D eigenvalue weighted by atomic mass is 79.9. The van der Waals surface area contributed by atoms with E-state index >= 15 is 0 Å². The smallest absolute Gasteiger partial charge is 0.335 e. The normalized spacial score (nSPS) is 9.73. The molecule has 0 aliphatic heterocycles. The standard InChI is InChI=1S/C10H9BrClNO2/c1-6(11)5-13-9-3-2-7(10(14)15)4-8(9)12/h2-4,13H,1,5H2,(H,14,15). The number of carboxylic acid groups (broad SMARTS) is 1. The van der Waals surface area contributed by atoms with Crippen molar-refractivity contribution in [3.8, 4) is 0 Å². The van der Waals surface area contributed by atoms with Crippen LogP contribution in [0.3, 0.4) is 0 Å². The first-order valence-corrected chi connectivity index (χ1v) is 5.28. The van der Waals surface area contributed by atoms with Crippen LogP contribution in [0.2, 0.25) is 5.02 Å². The fourth-order valence-electron chi connectivity index (χ4n) is 0.983. The number of aromatic carboxylic acids is 1. The molecule has 0 unspecified atom stereocenters. The van der Waals surface area contributed by atoms with Gasteiger partial charge in [0, 0.05) is 11.0 Å². The van der Waals surface area contributed by atoms with Gasteiger partial charge in [-0.15, -0.1) is 0 Å². The molecule has 0 spiro atoms. The van der Waals surface area contributed by atoms with E-state index in [0.717, 1.165) is 4.48 Å². The number of anilines is 1. The molecule has 1 aromatic carbocycles. The minimum Gasteiger partial charge on any atom is -0.478 e. The Hall–Kier alpha value is -1.00. The van der Waals surface area contributed by atoms with Gasteiger partial charge in [-0.3, -0.25) is 0 Å². The molecule has 2 N–H and O–H groups in total. The summed E-state index contributed by atoms with van der Waals surface area (Å²) in [5.41, 5.74) is 0.852. The number of hydrogen-bond acceptors (Lipinski definition) is 2. The maximum Gasteiger partial charge on any atom is 0.335 e. The van der Waals surface area contributed by atoms with Crippen LogP contribution in [0.25, 0.3) is 0 Å². The highest BCUT2D eigenvalue weighted by molar-refractivity contribution is 9.11. The topological polar surface area (TPSA) is 49.3 Å². The molecule has 0 radical (unpaired) electrons. The molecule has 0 aliphatic rings. The molecule has 0 amide bonds. The molecule has 1 aromatic rings. The van der Waals surface area contributed by atoms with Crippen molar-refractivity contribution < 1.29 is 9.90 Å². The molecule has 5 heteroatoms. The number of rotatable bonds is 4. The molecular formula is C10H9BrClNO2. The van der Waals surface area contributed by atoms with E-state index in [4.69, 9.17) is 16.7 Å². The van der Waals surface area contributed by atoms with Crippen LogP contribution >= 0.6 is 27.5 Å². The average Bonchev–Trinajstić information content (AvgIpc) is 2.15. The maximum atomic E-state index is 10.6. The number of nitrogens with one attached hydrogen (secondary N) is 1. The van der Waals surface area contributed by atoms with Crippen LogP contribution in [0.15, 0.2) is 29.3 Å². The Labute approximate surface area is 101 Å². The van der Waals surface area contributed by atoms with Crippen LogP contribution in [-0.2, 0) is 0 Å². The van der Waals surface area contributed by atoms with Gasteiger partial charge in [0.15, 0.2) is 0 Å². The molecule has 80 valence electrons. The Morgan fingerprint density at radius 3 is 2.73 bits per heavy atom. The van der Waals surface area contributed by atoms with Crippen molar-refractivity contribution in [3.63, 3.8) is 0 Å². The van der Waals surface area contributed by atoms with E-state index in [9.17, 15) is 4.79 Å². The highest BCUT2D eigenvalue weighted by Gasteiger charge is 2.06. The van der Waals surface area contributed by atoms with Gasteiger partial charge < -0.3 is 10.4 Å². The zero-order chi connectivity index (χ0) is 11.4. The Kier molecular flexibility index (Phi) is 4.17. The summed E-state index contributed by atoms with van der Waals surface area (Å²) in [5.74, 6) is -0.992. The largest absolute Gasteiger partial charge is 0.478 e. The van der Waals surface area contributed by atoms with Gasteiger partial charge in [0.25, 0.3) is 0 Å². The zero-order valence-electron chi connectivity index (χ0n) is 7.76. The van der Waals surface area contributed by atoms with Crippen LogP contribution in [0, 0.1) is 0 Å². The van der Waals surface area contributed by atoms with Gasteiger partial charge in [0.05, 0.1) is 16.3 Å². The molecule has 3 nitrogen and oxygen atoms in total. The first kappa shape index (κ1) is 12.1. The Bertz CT molecular complexity index is 406. The summed E-state index contributed by atoms with van der Waals surface area (Å²) in [6.07, 6.45) is 0. The van der Waals surface area contributed by atoms with Crippen LogP contribution in [0.5, 0.6) is 0 Å². The predicted octanol–water partition coefficient (Wildman–Crippen LogP) is 3.36. The average molecular weight is 291 g/mol. The predicted molar refractivity (Wildman–Crippen MR) is 65.0 cm³/mol. The van der Waals surface area contributed by atoms with Gasteiger partial charge in [0.2, 0.25) is 0 Å². The van der Waals surface area contributed by atoms with E-state index in [2.05, 4.69) is 27.8 Å². The molecule has 0 saturated heterocycles. The van der Waals surface area contributed by atoms with Gasteiger partial charge >= 0.3 is 5.97 Å². The van der Waals surface area contributed by atoms with Gasteiger partial charge in [-0.25, -0.2) is 4.79 Å². The number of carboxylic acids is 1. The lowest BCUT2D eigenvalue weighted by Crippen LogP contribution is -2.02. The summed E-state index contributed by atoms with van der Waals surface area (Å²) in [6.45, 7) is 4.20. The number of halogens is 2. The molecule has 0 bridgehead atoms. The second kappa shape index (κ2) is 5.19. The third-order valence-electron chi connectivity index (χ3n) is 1.69. The molecule has 1 rings (SSSR count). The Morgan fingerprint density at radius 2 is 2.27 bits per heavy atom. The molecule has 0 heterocycles. The number of benzene rings is 1. The van der Waals surface area contributed by atoms with E-state index in [1.54, 1.807) is 6.07 Å². The molecular weight excluding hydrogens is 281 g/mol. The zero-order valence-corrected chi connectivity index (χ0v) is 10.1. The molecule has 0 fully saturated rings. The monoisotopic (exact) mass is 289 g/mol. The first-order valence-electron chi connectivity index (χ1n) is 4.10. The minimum absolute atomic E-state index is 0.170. The van der Waals surface area contributed by atoms with Crippen LogP contribution < -0.4 is 5.32 Å². The Balaban J connectivity index is 2.83. The number of carbonyl (C=O) groups is 1. The van der Waals surface area contributed by atoms with Crippen molar-refractivity contribution in [2.75, 3.05) is 11.9 Å². The SMILES string of the molecule is C=C(Br)CNc1ccc(C(=O)O)cc1Cl. The molecule has 0 aliphatic carbocycles. The highest BCUT2D eigenvalue weighted by Crippen LogP contribution is 2.23. The van der Waals surface area contributed by atoms with Crippen LogP contribution in [0.4, 0.5) is 5.69 Å². The molecule has 0 aromatic heterocycles. The fourth-order valence-corrected chi connectivity index (χ4v) is 1.37. The molecule has 0 atom stereocenters. The fraction of sp³-hybridized carbons (Fsp3) is 0.100. The Morgan fingerprint density at radius 1 is 1.60 bits per heavy atom. The van der Waals surface area contributed by atoms with E-state index in [0.29, 0.717) is 17.3 Å². The van der Waals surface area contributed by atoms with Gasteiger partial charge in [-0.1, -0.05) is 34.1 Å². The lowest BCUT2D eigenvalue weighted by atomic mass is 10.2. The third kappa shape index (κ3) is 3.57. The van der Waals surface area contributed by atoms with Crippen LogP contribution in [-0.4, -0.2) is 17.6 Å². The minimum atomic E-state index is -0.992.